The van der Waals surface area contributed by atoms with Crippen LogP contribution >= 0.6 is 0 Å². The van der Waals surface area contributed by atoms with E-state index in [1.54, 1.807) is 37.7 Å². The van der Waals surface area contributed by atoms with E-state index in [0.29, 0.717) is 23.6 Å². The van der Waals surface area contributed by atoms with Gasteiger partial charge in [-0.15, -0.1) is 0 Å². The molecule has 5 rings (SSSR count). The van der Waals surface area contributed by atoms with E-state index in [0.717, 1.165) is 22.4 Å². The molecule has 1 aliphatic rings. The maximum atomic E-state index is 13.3. The molecule has 1 aliphatic heterocycles. The van der Waals surface area contributed by atoms with Gasteiger partial charge in [-0.1, -0.05) is 36.4 Å². The van der Waals surface area contributed by atoms with Gasteiger partial charge >= 0.3 is 0 Å². The summed E-state index contributed by atoms with van der Waals surface area (Å²) in [7, 11) is 0. The number of imidazole rings is 1. The molecule has 0 saturated heterocycles. The Bertz CT molecular complexity index is 1670. The van der Waals surface area contributed by atoms with Crippen molar-refractivity contribution in [3.05, 3.63) is 113 Å². The van der Waals surface area contributed by atoms with Crippen LogP contribution in [0.15, 0.2) is 73.3 Å². The van der Waals surface area contributed by atoms with Crippen LogP contribution in [0.2, 0.25) is 0 Å². The van der Waals surface area contributed by atoms with Crippen molar-refractivity contribution in [1.29, 1.82) is 5.26 Å². The summed E-state index contributed by atoms with van der Waals surface area (Å²) in [5, 5.41) is 18.2. The molecule has 0 unspecified atom stereocenters. The molecule has 1 atom stereocenters. The number of rotatable bonds is 8. The fourth-order valence-electron chi connectivity index (χ4n) is 4.26. The van der Waals surface area contributed by atoms with Crippen LogP contribution in [-0.2, 0) is 4.79 Å². The molecule has 0 radical (unpaired) electrons. The van der Waals surface area contributed by atoms with Crippen LogP contribution in [0.1, 0.15) is 51.3 Å². The molecule has 2 aromatic heterocycles. The monoisotopic (exact) mass is 533 g/mol. The molecule has 3 heterocycles. The lowest BCUT2D eigenvalue weighted by molar-refractivity contribution is -0.110. The van der Waals surface area contributed by atoms with E-state index < -0.39 is 5.91 Å². The Morgan fingerprint density at radius 2 is 2.00 bits per heavy atom. The number of aromatic nitrogens is 3. The van der Waals surface area contributed by atoms with E-state index in [4.69, 9.17) is 0 Å². The van der Waals surface area contributed by atoms with Crippen molar-refractivity contribution < 1.29 is 14.0 Å². The fourth-order valence-corrected chi connectivity index (χ4v) is 4.26. The Kier molecular flexibility index (Phi) is 7.46. The van der Waals surface area contributed by atoms with Gasteiger partial charge in [0.05, 0.1) is 41.0 Å². The normalized spacial score (nSPS) is 14.0. The lowest BCUT2D eigenvalue weighted by Gasteiger charge is -2.16. The molecule has 4 N–H and O–H groups in total. The first kappa shape index (κ1) is 26.1. The SMILES string of the molecule is C[C@H](NC(=O)c1cc(C#N)cnc1NC/C=C/c1ccc2c(c1)NC(=O)/C2=C\c1cnc[nH]1)c1ccc(F)cc1. The van der Waals surface area contributed by atoms with Crippen molar-refractivity contribution >= 4 is 41.0 Å². The second-order valence-corrected chi connectivity index (χ2v) is 9.09. The van der Waals surface area contributed by atoms with E-state index in [1.165, 1.54) is 24.4 Å². The van der Waals surface area contributed by atoms with Gasteiger partial charge in [-0.2, -0.15) is 5.26 Å². The highest BCUT2D eigenvalue weighted by atomic mass is 19.1. The van der Waals surface area contributed by atoms with Crippen LogP contribution in [0.4, 0.5) is 15.9 Å². The number of hydrogen-bond donors (Lipinski definition) is 4. The van der Waals surface area contributed by atoms with Crippen molar-refractivity contribution in [2.24, 2.45) is 0 Å². The Labute approximate surface area is 229 Å². The summed E-state index contributed by atoms with van der Waals surface area (Å²) < 4.78 is 13.3. The van der Waals surface area contributed by atoms with Crippen LogP contribution < -0.4 is 16.0 Å². The minimum absolute atomic E-state index is 0.182. The smallest absolute Gasteiger partial charge is 0.256 e. The van der Waals surface area contributed by atoms with Gasteiger partial charge in [0, 0.05) is 24.0 Å². The molecule has 2 amide bonds. The van der Waals surface area contributed by atoms with E-state index in [9.17, 15) is 19.2 Å². The third-order valence-electron chi connectivity index (χ3n) is 6.32. The molecule has 0 saturated carbocycles. The fraction of sp³-hybridized carbons (Fsp3) is 0.100. The van der Waals surface area contributed by atoms with Gasteiger partial charge in [-0.3, -0.25) is 9.59 Å². The highest BCUT2D eigenvalue weighted by Crippen LogP contribution is 2.33. The Balaban J connectivity index is 1.26. The standard InChI is InChI=1S/C30H24FN7O2/c1-18(21-5-7-22(31)8-6-21)37-30(40)26-11-20(14-32)15-35-28(26)34-10-2-3-19-4-9-24-25(13-23-16-33-17-36-23)29(39)38-27(24)12-19/h2-9,11-13,15-18H,10H2,1H3,(H,33,36)(H,34,35)(H,37,40)(H,38,39)/b3-2+,25-13-/t18-/m0/s1. The van der Waals surface area contributed by atoms with E-state index >= 15 is 0 Å². The summed E-state index contributed by atoms with van der Waals surface area (Å²) in [5.41, 5.74) is 4.91. The number of pyridine rings is 1. The molecule has 9 nitrogen and oxygen atoms in total. The zero-order valence-corrected chi connectivity index (χ0v) is 21.4. The lowest BCUT2D eigenvalue weighted by atomic mass is 10.0. The number of nitriles is 1. The largest absolute Gasteiger partial charge is 0.366 e. The Morgan fingerprint density at radius 3 is 2.75 bits per heavy atom. The molecule has 0 spiro atoms. The molecule has 40 heavy (non-hydrogen) atoms. The number of hydrogen-bond acceptors (Lipinski definition) is 6. The molecule has 0 aliphatic carbocycles. The number of halogens is 1. The highest BCUT2D eigenvalue weighted by molar-refractivity contribution is 6.34. The number of amides is 2. The van der Waals surface area contributed by atoms with Gasteiger partial charge in [0.25, 0.3) is 11.8 Å². The molecular weight excluding hydrogens is 509 g/mol. The van der Waals surface area contributed by atoms with Gasteiger partial charge in [-0.25, -0.2) is 14.4 Å². The summed E-state index contributed by atoms with van der Waals surface area (Å²) in [6, 6.07) is 14.6. The third kappa shape index (κ3) is 5.79. The summed E-state index contributed by atoms with van der Waals surface area (Å²) in [5.74, 6) is -0.633. The molecular formula is C30H24FN7O2. The van der Waals surface area contributed by atoms with Gasteiger partial charge in [0.1, 0.15) is 17.7 Å². The number of carbonyl (C=O) groups excluding carboxylic acids is 2. The summed E-state index contributed by atoms with van der Waals surface area (Å²) in [4.78, 5) is 36.7. The van der Waals surface area contributed by atoms with Crippen molar-refractivity contribution in [2.45, 2.75) is 13.0 Å². The minimum atomic E-state index is -0.416. The van der Waals surface area contributed by atoms with E-state index in [2.05, 4.69) is 30.9 Å². The number of aromatic amines is 1. The zero-order chi connectivity index (χ0) is 28.1. The second-order valence-electron chi connectivity index (χ2n) is 9.09. The number of anilines is 2. The maximum Gasteiger partial charge on any atom is 0.256 e. The summed E-state index contributed by atoms with van der Waals surface area (Å²) in [6.07, 6.45) is 10.1. The van der Waals surface area contributed by atoms with Gasteiger partial charge in [0.15, 0.2) is 0 Å². The zero-order valence-electron chi connectivity index (χ0n) is 21.4. The first-order chi connectivity index (χ1) is 19.4. The molecule has 198 valence electrons. The first-order valence-electron chi connectivity index (χ1n) is 12.4. The molecule has 10 heteroatoms. The molecule has 2 aromatic carbocycles. The average Bonchev–Trinajstić information content (AvgIpc) is 3.58. The first-order valence-corrected chi connectivity index (χ1v) is 12.4. The van der Waals surface area contributed by atoms with Crippen molar-refractivity contribution in [3.8, 4) is 6.07 Å². The summed E-state index contributed by atoms with van der Waals surface area (Å²) in [6.45, 7) is 2.14. The van der Waals surface area contributed by atoms with Gasteiger partial charge < -0.3 is 20.9 Å². The van der Waals surface area contributed by atoms with Crippen molar-refractivity contribution in [3.63, 3.8) is 0 Å². The number of benzene rings is 2. The predicted octanol–water partition coefficient (Wildman–Crippen LogP) is 4.92. The van der Waals surface area contributed by atoms with Crippen LogP contribution in [-0.4, -0.2) is 33.3 Å². The molecule has 0 bridgehead atoms. The summed E-state index contributed by atoms with van der Waals surface area (Å²) >= 11 is 0. The van der Waals surface area contributed by atoms with Crippen molar-refractivity contribution in [2.75, 3.05) is 17.2 Å². The quantitative estimate of drug-likeness (QED) is 0.237. The maximum absolute atomic E-state index is 13.3. The Hall–Kier alpha value is -5.56. The second kappa shape index (κ2) is 11.4. The van der Waals surface area contributed by atoms with E-state index in [1.807, 2.05) is 36.4 Å². The van der Waals surface area contributed by atoms with Crippen LogP contribution in [0.25, 0.3) is 17.7 Å². The number of carbonyl (C=O) groups is 2. The average molecular weight is 534 g/mol. The minimum Gasteiger partial charge on any atom is -0.366 e. The van der Waals surface area contributed by atoms with Crippen LogP contribution in [0.3, 0.4) is 0 Å². The number of nitrogens with one attached hydrogen (secondary N) is 4. The predicted molar refractivity (Wildman–Crippen MR) is 150 cm³/mol. The lowest BCUT2D eigenvalue weighted by Crippen LogP contribution is -2.28. The highest BCUT2D eigenvalue weighted by Gasteiger charge is 2.24. The van der Waals surface area contributed by atoms with E-state index in [-0.39, 0.29) is 28.9 Å². The van der Waals surface area contributed by atoms with Gasteiger partial charge in [0.2, 0.25) is 0 Å². The number of nitrogens with zero attached hydrogens (tertiary/aromatic N) is 3. The topological polar surface area (TPSA) is 136 Å². The van der Waals surface area contributed by atoms with Gasteiger partial charge in [-0.05, 0) is 48.4 Å². The van der Waals surface area contributed by atoms with Crippen LogP contribution in [0.5, 0.6) is 0 Å². The number of H-pyrrole nitrogens is 1. The number of fused-ring (bicyclic) bond motifs is 1. The Morgan fingerprint density at radius 1 is 1.18 bits per heavy atom. The molecule has 0 fully saturated rings. The van der Waals surface area contributed by atoms with Crippen molar-refractivity contribution in [1.82, 2.24) is 20.3 Å². The molecule has 4 aromatic rings. The third-order valence-corrected chi connectivity index (χ3v) is 6.32. The van der Waals surface area contributed by atoms with Crippen LogP contribution in [0, 0.1) is 17.1 Å².